The predicted octanol–water partition coefficient (Wildman–Crippen LogP) is 4.12. The quantitative estimate of drug-likeness (QED) is 0.235. The Morgan fingerprint density at radius 3 is 2.70 bits per heavy atom. The monoisotopic (exact) mass is 502 g/mol. The Morgan fingerprint density at radius 1 is 1.22 bits per heavy atom. The maximum absolute atomic E-state index is 5.45. The van der Waals surface area contributed by atoms with E-state index in [1.807, 2.05) is 13.0 Å². The summed E-state index contributed by atoms with van der Waals surface area (Å²) in [6, 6.07) is 6.29. The Labute approximate surface area is 184 Å². The van der Waals surface area contributed by atoms with Gasteiger partial charge in [-0.05, 0) is 45.2 Å². The van der Waals surface area contributed by atoms with Gasteiger partial charge in [-0.2, -0.15) is 0 Å². The molecular formula is C20H31IN4OS. The lowest BCUT2D eigenvalue weighted by atomic mass is 10.1. The maximum Gasteiger partial charge on any atom is 0.191 e. The highest BCUT2D eigenvalue weighted by Crippen LogP contribution is 2.19. The molecule has 0 unspecified atom stereocenters. The van der Waals surface area contributed by atoms with E-state index in [1.54, 1.807) is 18.4 Å². The zero-order chi connectivity index (χ0) is 18.8. The summed E-state index contributed by atoms with van der Waals surface area (Å²) < 4.78 is 5.45. The van der Waals surface area contributed by atoms with E-state index < -0.39 is 0 Å². The van der Waals surface area contributed by atoms with Gasteiger partial charge in [0.2, 0.25) is 0 Å². The largest absolute Gasteiger partial charge is 0.496 e. The number of aryl methyl sites for hydroxylation is 3. The van der Waals surface area contributed by atoms with Crippen molar-refractivity contribution in [1.82, 2.24) is 15.6 Å². The van der Waals surface area contributed by atoms with E-state index in [9.17, 15) is 0 Å². The summed E-state index contributed by atoms with van der Waals surface area (Å²) in [5.74, 6) is 1.81. The third-order valence-corrected chi connectivity index (χ3v) is 4.98. The Balaban J connectivity index is 0.00000364. The number of aromatic nitrogens is 1. The van der Waals surface area contributed by atoms with Crippen molar-refractivity contribution in [2.75, 3.05) is 26.7 Å². The van der Waals surface area contributed by atoms with Gasteiger partial charge in [0.15, 0.2) is 5.96 Å². The van der Waals surface area contributed by atoms with Gasteiger partial charge in [-0.3, -0.25) is 4.99 Å². The van der Waals surface area contributed by atoms with Crippen LogP contribution in [0.25, 0.3) is 0 Å². The number of nitrogens with one attached hydrogen (secondary N) is 2. The molecule has 0 amide bonds. The van der Waals surface area contributed by atoms with Crippen LogP contribution in [0.4, 0.5) is 0 Å². The molecule has 0 spiro atoms. The van der Waals surface area contributed by atoms with Crippen molar-refractivity contribution in [2.45, 2.75) is 40.0 Å². The summed E-state index contributed by atoms with van der Waals surface area (Å²) in [5.41, 5.74) is 3.57. The maximum atomic E-state index is 5.45. The second-order valence-corrected chi connectivity index (χ2v) is 7.18. The van der Waals surface area contributed by atoms with Crippen molar-refractivity contribution in [1.29, 1.82) is 0 Å². The number of halogens is 1. The average molecular weight is 502 g/mol. The lowest BCUT2D eigenvalue weighted by molar-refractivity contribution is 0.409. The van der Waals surface area contributed by atoms with Crippen LogP contribution in [0.2, 0.25) is 0 Å². The van der Waals surface area contributed by atoms with Crippen molar-refractivity contribution in [3.05, 3.63) is 45.4 Å². The summed E-state index contributed by atoms with van der Waals surface area (Å²) in [4.78, 5) is 9.16. The van der Waals surface area contributed by atoms with Crippen LogP contribution in [0.3, 0.4) is 0 Å². The SMILES string of the molecule is CCNC(=NCCCc1nc(C)cs1)NCCc1cc(C)ccc1OC.I. The molecule has 0 fully saturated rings. The molecule has 0 radical (unpaired) electrons. The first-order valence-electron chi connectivity index (χ1n) is 9.19. The predicted molar refractivity (Wildman–Crippen MR) is 126 cm³/mol. The molecule has 150 valence electrons. The molecular weight excluding hydrogens is 471 g/mol. The Kier molecular flexibility index (Phi) is 11.3. The molecule has 0 saturated heterocycles. The molecule has 0 aliphatic carbocycles. The number of benzene rings is 1. The van der Waals surface area contributed by atoms with Gasteiger partial charge >= 0.3 is 0 Å². The number of hydrogen-bond acceptors (Lipinski definition) is 4. The molecule has 2 aromatic rings. The van der Waals surface area contributed by atoms with Crippen LogP contribution in [0, 0.1) is 13.8 Å². The van der Waals surface area contributed by atoms with Crippen LogP contribution >= 0.6 is 35.3 Å². The van der Waals surface area contributed by atoms with Crippen molar-refractivity contribution < 1.29 is 4.74 Å². The molecule has 0 saturated carbocycles. The standard InChI is InChI=1S/C20H30N4OS.HI/c1-5-21-20(22-11-6-7-19-24-16(3)14-26-19)23-12-10-17-13-15(2)8-9-18(17)25-4;/h8-9,13-14H,5-7,10-12H2,1-4H3,(H2,21,22,23);1H. The highest BCUT2D eigenvalue weighted by atomic mass is 127. The average Bonchev–Trinajstić information content (AvgIpc) is 3.04. The molecule has 2 rings (SSSR count). The summed E-state index contributed by atoms with van der Waals surface area (Å²) in [7, 11) is 1.72. The number of guanidine groups is 1. The topological polar surface area (TPSA) is 58.5 Å². The van der Waals surface area contributed by atoms with Gasteiger partial charge in [-0.15, -0.1) is 35.3 Å². The number of methoxy groups -OCH3 is 1. The summed E-state index contributed by atoms with van der Waals surface area (Å²) in [6.45, 7) is 8.68. The van der Waals surface area contributed by atoms with E-state index in [1.165, 1.54) is 16.1 Å². The normalized spacial score (nSPS) is 11.0. The fourth-order valence-corrected chi connectivity index (χ4v) is 3.52. The van der Waals surface area contributed by atoms with Crippen LogP contribution in [-0.4, -0.2) is 37.7 Å². The first kappa shape index (κ1) is 23.7. The van der Waals surface area contributed by atoms with Gasteiger partial charge in [0.25, 0.3) is 0 Å². The number of hydrogen-bond donors (Lipinski definition) is 2. The van der Waals surface area contributed by atoms with E-state index in [4.69, 9.17) is 4.74 Å². The smallest absolute Gasteiger partial charge is 0.191 e. The minimum atomic E-state index is 0. The van der Waals surface area contributed by atoms with E-state index in [0.29, 0.717) is 0 Å². The minimum Gasteiger partial charge on any atom is -0.496 e. The van der Waals surface area contributed by atoms with Gasteiger partial charge < -0.3 is 15.4 Å². The second kappa shape index (κ2) is 12.9. The molecule has 7 heteroatoms. The third-order valence-electron chi connectivity index (χ3n) is 3.95. The van der Waals surface area contributed by atoms with E-state index in [2.05, 4.69) is 52.0 Å². The summed E-state index contributed by atoms with van der Waals surface area (Å²) in [6.07, 6.45) is 2.89. The van der Waals surface area contributed by atoms with Crippen LogP contribution in [0.1, 0.15) is 35.2 Å². The zero-order valence-electron chi connectivity index (χ0n) is 16.7. The number of rotatable bonds is 9. The molecule has 5 nitrogen and oxygen atoms in total. The Morgan fingerprint density at radius 2 is 2.04 bits per heavy atom. The lowest BCUT2D eigenvalue weighted by Crippen LogP contribution is -2.38. The number of nitrogens with zero attached hydrogens (tertiary/aromatic N) is 2. The van der Waals surface area contributed by atoms with Crippen molar-refractivity contribution in [3.8, 4) is 5.75 Å². The Bertz CT molecular complexity index is 718. The third kappa shape index (κ3) is 8.47. The molecule has 1 heterocycles. The van der Waals surface area contributed by atoms with Gasteiger partial charge in [0.1, 0.15) is 5.75 Å². The van der Waals surface area contributed by atoms with Crippen molar-refractivity contribution in [2.24, 2.45) is 4.99 Å². The first-order chi connectivity index (χ1) is 12.6. The molecule has 2 N–H and O–H groups in total. The summed E-state index contributed by atoms with van der Waals surface area (Å²) >= 11 is 1.73. The zero-order valence-corrected chi connectivity index (χ0v) is 19.8. The van der Waals surface area contributed by atoms with Crippen molar-refractivity contribution in [3.63, 3.8) is 0 Å². The fourth-order valence-electron chi connectivity index (χ4n) is 2.70. The number of thiazole rings is 1. The number of ether oxygens (including phenoxy) is 1. The van der Waals surface area contributed by atoms with E-state index in [-0.39, 0.29) is 24.0 Å². The van der Waals surface area contributed by atoms with Crippen LogP contribution < -0.4 is 15.4 Å². The second-order valence-electron chi connectivity index (χ2n) is 6.24. The lowest BCUT2D eigenvalue weighted by Gasteiger charge is -2.13. The molecule has 27 heavy (non-hydrogen) atoms. The highest BCUT2D eigenvalue weighted by Gasteiger charge is 2.04. The molecule has 1 aromatic carbocycles. The molecule has 0 atom stereocenters. The molecule has 0 aliphatic rings. The van der Waals surface area contributed by atoms with Gasteiger partial charge in [0.05, 0.1) is 12.1 Å². The molecule has 0 bridgehead atoms. The van der Waals surface area contributed by atoms with Crippen LogP contribution in [-0.2, 0) is 12.8 Å². The van der Waals surface area contributed by atoms with E-state index in [0.717, 1.165) is 56.3 Å². The van der Waals surface area contributed by atoms with Crippen molar-refractivity contribution >= 4 is 41.3 Å². The number of aliphatic imine (C=N–C) groups is 1. The van der Waals surface area contributed by atoms with Crippen LogP contribution in [0.15, 0.2) is 28.6 Å². The highest BCUT2D eigenvalue weighted by molar-refractivity contribution is 14.0. The van der Waals surface area contributed by atoms with Gasteiger partial charge in [-0.25, -0.2) is 4.98 Å². The van der Waals surface area contributed by atoms with Gasteiger partial charge in [0, 0.05) is 37.1 Å². The van der Waals surface area contributed by atoms with Gasteiger partial charge in [-0.1, -0.05) is 17.7 Å². The first-order valence-corrected chi connectivity index (χ1v) is 10.1. The van der Waals surface area contributed by atoms with E-state index >= 15 is 0 Å². The minimum absolute atomic E-state index is 0. The van der Waals surface area contributed by atoms with Crippen LogP contribution in [0.5, 0.6) is 5.75 Å². The Hall–Kier alpha value is -1.35. The molecule has 1 aromatic heterocycles. The fraction of sp³-hybridized carbons (Fsp3) is 0.500. The molecule has 0 aliphatic heterocycles. The summed E-state index contributed by atoms with van der Waals surface area (Å²) in [5, 5.41) is 10.0.